The van der Waals surface area contributed by atoms with E-state index in [9.17, 15) is 19.1 Å². The molecule has 1 aromatic carbocycles. The number of amides is 1. The molecule has 3 rings (SSSR count). The quantitative estimate of drug-likeness (QED) is 0.838. The summed E-state index contributed by atoms with van der Waals surface area (Å²) in [5, 5.41) is 12.7. The fourth-order valence-corrected chi connectivity index (χ4v) is 3.53. The van der Waals surface area contributed by atoms with Crippen molar-refractivity contribution in [3.63, 3.8) is 0 Å². The molecular formula is C18H22ClFN2O3. The van der Waals surface area contributed by atoms with E-state index in [1.54, 1.807) is 13.0 Å². The van der Waals surface area contributed by atoms with Gasteiger partial charge in [0.2, 0.25) is 5.91 Å². The summed E-state index contributed by atoms with van der Waals surface area (Å²) in [7, 11) is 0. The van der Waals surface area contributed by atoms with Crippen molar-refractivity contribution >= 4 is 23.5 Å². The highest BCUT2D eigenvalue weighted by Gasteiger charge is 2.37. The molecule has 1 saturated carbocycles. The summed E-state index contributed by atoms with van der Waals surface area (Å²) in [5.74, 6) is -2.48. The molecule has 136 valence electrons. The van der Waals surface area contributed by atoms with Gasteiger partial charge in [0.25, 0.3) is 0 Å². The number of halogens is 2. The molecule has 2 fully saturated rings. The molecule has 2 atom stereocenters. The van der Waals surface area contributed by atoms with Crippen LogP contribution >= 0.6 is 11.6 Å². The highest BCUT2D eigenvalue weighted by atomic mass is 35.5. The van der Waals surface area contributed by atoms with Crippen LogP contribution in [0, 0.1) is 24.6 Å². The Labute approximate surface area is 151 Å². The van der Waals surface area contributed by atoms with Crippen molar-refractivity contribution in [1.82, 2.24) is 10.2 Å². The first kappa shape index (κ1) is 18.1. The van der Waals surface area contributed by atoms with Crippen molar-refractivity contribution in [2.75, 3.05) is 13.1 Å². The number of aryl methyl sites for hydroxylation is 1. The number of carboxylic acids is 1. The second kappa shape index (κ2) is 7.30. The van der Waals surface area contributed by atoms with E-state index >= 15 is 0 Å². The molecule has 1 heterocycles. The van der Waals surface area contributed by atoms with Crippen molar-refractivity contribution in [3.05, 3.63) is 34.1 Å². The topological polar surface area (TPSA) is 69.6 Å². The Balaban J connectivity index is 1.76. The van der Waals surface area contributed by atoms with Gasteiger partial charge in [-0.15, -0.1) is 0 Å². The van der Waals surface area contributed by atoms with Crippen LogP contribution in [0.1, 0.15) is 30.4 Å². The van der Waals surface area contributed by atoms with Crippen LogP contribution in [-0.2, 0) is 16.1 Å². The third-order valence-corrected chi connectivity index (χ3v) is 5.46. The monoisotopic (exact) mass is 368 g/mol. The number of aliphatic carboxylic acids is 1. The van der Waals surface area contributed by atoms with Gasteiger partial charge in [0, 0.05) is 31.2 Å². The van der Waals surface area contributed by atoms with Crippen LogP contribution in [0.3, 0.4) is 0 Å². The van der Waals surface area contributed by atoms with Gasteiger partial charge in [-0.25, -0.2) is 4.39 Å². The normalized spacial score (nSPS) is 24.1. The molecule has 1 aromatic rings. The highest BCUT2D eigenvalue weighted by Crippen LogP contribution is 2.29. The zero-order valence-corrected chi connectivity index (χ0v) is 14.9. The van der Waals surface area contributed by atoms with E-state index in [4.69, 9.17) is 11.6 Å². The van der Waals surface area contributed by atoms with E-state index in [1.807, 2.05) is 4.90 Å². The maximum atomic E-state index is 14.2. The van der Waals surface area contributed by atoms with Gasteiger partial charge in [0.15, 0.2) is 0 Å². The fraction of sp³-hybridized carbons (Fsp3) is 0.556. The van der Waals surface area contributed by atoms with Gasteiger partial charge >= 0.3 is 5.97 Å². The SMILES string of the molecule is Cc1ccc(F)c(CN2C[C@H](C(=O)O)C[C@H](C(=O)NC3CC3)C2)c1Cl. The zero-order valence-electron chi connectivity index (χ0n) is 14.1. The number of nitrogens with one attached hydrogen (secondary N) is 1. The van der Waals surface area contributed by atoms with Gasteiger partial charge in [-0.2, -0.15) is 0 Å². The number of likely N-dealkylation sites (tertiary alicyclic amines) is 1. The molecule has 0 aromatic heterocycles. The van der Waals surface area contributed by atoms with Crippen LogP contribution in [0.2, 0.25) is 5.02 Å². The van der Waals surface area contributed by atoms with Crippen molar-refractivity contribution in [2.45, 2.75) is 38.8 Å². The Bertz CT molecular complexity index is 693. The van der Waals surface area contributed by atoms with E-state index < -0.39 is 23.6 Å². The lowest BCUT2D eigenvalue weighted by Gasteiger charge is -2.35. The lowest BCUT2D eigenvalue weighted by Crippen LogP contribution is -2.48. The number of piperidine rings is 1. The number of rotatable bonds is 5. The highest BCUT2D eigenvalue weighted by molar-refractivity contribution is 6.32. The molecule has 0 unspecified atom stereocenters. The van der Waals surface area contributed by atoms with E-state index in [0.717, 1.165) is 18.4 Å². The van der Waals surface area contributed by atoms with Gasteiger partial charge in [-0.1, -0.05) is 17.7 Å². The van der Waals surface area contributed by atoms with E-state index in [0.29, 0.717) is 23.6 Å². The standard InChI is InChI=1S/C18H22ClFN2O3/c1-10-2-5-15(20)14(16(10)19)9-22-7-11(6-12(8-22)18(24)25)17(23)21-13-3-4-13/h2,5,11-13H,3-4,6-9H2,1H3,(H,21,23)(H,24,25)/t11-,12+/m0/s1. The van der Waals surface area contributed by atoms with Crippen molar-refractivity contribution < 1.29 is 19.1 Å². The third-order valence-electron chi connectivity index (χ3n) is 4.93. The minimum absolute atomic E-state index is 0.103. The van der Waals surface area contributed by atoms with Crippen molar-refractivity contribution in [3.8, 4) is 0 Å². The smallest absolute Gasteiger partial charge is 0.307 e. The Morgan fingerprint density at radius 1 is 1.32 bits per heavy atom. The van der Waals surface area contributed by atoms with E-state index in [2.05, 4.69) is 5.32 Å². The van der Waals surface area contributed by atoms with Gasteiger partial charge in [0.1, 0.15) is 5.82 Å². The van der Waals surface area contributed by atoms with Crippen LogP contribution in [-0.4, -0.2) is 41.0 Å². The minimum Gasteiger partial charge on any atom is -0.481 e. The first-order valence-electron chi connectivity index (χ1n) is 8.54. The van der Waals surface area contributed by atoms with E-state index in [1.165, 1.54) is 6.07 Å². The van der Waals surface area contributed by atoms with Gasteiger partial charge < -0.3 is 10.4 Å². The molecule has 1 aliphatic heterocycles. The third kappa shape index (κ3) is 4.30. The van der Waals surface area contributed by atoms with Gasteiger partial charge in [-0.05, 0) is 37.8 Å². The lowest BCUT2D eigenvalue weighted by atomic mass is 9.88. The maximum Gasteiger partial charge on any atom is 0.307 e. The fourth-order valence-electron chi connectivity index (χ4n) is 3.32. The van der Waals surface area contributed by atoms with E-state index in [-0.39, 0.29) is 25.0 Å². The first-order chi connectivity index (χ1) is 11.8. The molecule has 25 heavy (non-hydrogen) atoms. The molecule has 0 spiro atoms. The Hall–Kier alpha value is -1.66. The molecule has 2 aliphatic rings. The average molecular weight is 369 g/mol. The second-order valence-corrected chi connectivity index (χ2v) is 7.48. The Morgan fingerprint density at radius 2 is 2.00 bits per heavy atom. The predicted octanol–water partition coefficient (Wildman–Crippen LogP) is 2.59. The molecule has 0 bridgehead atoms. The van der Waals surface area contributed by atoms with Crippen LogP contribution < -0.4 is 5.32 Å². The number of carbonyl (C=O) groups excluding carboxylic acids is 1. The molecule has 1 aliphatic carbocycles. The minimum atomic E-state index is -0.926. The molecule has 2 N–H and O–H groups in total. The van der Waals surface area contributed by atoms with Crippen LogP contribution in [0.25, 0.3) is 0 Å². The number of carbonyl (C=O) groups is 2. The number of hydrogen-bond acceptors (Lipinski definition) is 3. The summed E-state index contributed by atoms with van der Waals surface area (Å²) in [6.07, 6.45) is 2.28. The summed E-state index contributed by atoms with van der Waals surface area (Å²) in [6.45, 7) is 2.69. The first-order valence-corrected chi connectivity index (χ1v) is 8.92. The summed E-state index contributed by atoms with van der Waals surface area (Å²) in [5.41, 5.74) is 1.13. The molecule has 1 amide bonds. The summed E-state index contributed by atoms with van der Waals surface area (Å²) >= 11 is 6.23. The zero-order chi connectivity index (χ0) is 18.1. The molecule has 7 heteroatoms. The van der Waals surface area contributed by atoms with Crippen molar-refractivity contribution in [2.24, 2.45) is 11.8 Å². The Morgan fingerprint density at radius 3 is 2.64 bits per heavy atom. The van der Waals surface area contributed by atoms with Gasteiger partial charge in [0.05, 0.1) is 16.9 Å². The molecule has 0 radical (unpaired) electrons. The van der Waals surface area contributed by atoms with Crippen LogP contribution in [0.4, 0.5) is 4.39 Å². The van der Waals surface area contributed by atoms with Crippen molar-refractivity contribution in [1.29, 1.82) is 0 Å². The van der Waals surface area contributed by atoms with Gasteiger partial charge in [-0.3, -0.25) is 14.5 Å². The second-order valence-electron chi connectivity index (χ2n) is 7.10. The number of hydrogen-bond donors (Lipinski definition) is 2. The van der Waals surface area contributed by atoms with Crippen LogP contribution in [0.15, 0.2) is 12.1 Å². The number of nitrogens with zero attached hydrogens (tertiary/aromatic N) is 1. The average Bonchev–Trinajstić information content (AvgIpc) is 3.38. The summed E-state index contributed by atoms with van der Waals surface area (Å²) in [4.78, 5) is 25.7. The Kier molecular flexibility index (Phi) is 5.29. The number of carboxylic acid groups (broad SMARTS) is 1. The molecule has 5 nitrogen and oxygen atoms in total. The van der Waals surface area contributed by atoms with Crippen LogP contribution in [0.5, 0.6) is 0 Å². The molecule has 1 saturated heterocycles. The summed E-state index contributed by atoms with van der Waals surface area (Å²) in [6, 6.07) is 3.21. The largest absolute Gasteiger partial charge is 0.481 e. The maximum absolute atomic E-state index is 14.2. The molecular weight excluding hydrogens is 347 g/mol. The lowest BCUT2D eigenvalue weighted by molar-refractivity contribution is -0.145. The predicted molar refractivity (Wildman–Crippen MR) is 91.8 cm³/mol. The number of benzene rings is 1. The summed E-state index contributed by atoms with van der Waals surface area (Å²) < 4.78 is 14.2.